The Morgan fingerprint density at radius 2 is 2.14 bits per heavy atom. The molecular formula is C4H12O2Si. The molecule has 0 aliphatic heterocycles. The van der Waals surface area contributed by atoms with E-state index in [0.29, 0.717) is 6.79 Å². The van der Waals surface area contributed by atoms with Gasteiger partial charge in [0.05, 0.1) is 0 Å². The second-order valence-electron chi connectivity index (χ2n) is 1.10. The van der Waals surface area contributed by atoms with Crippen LogP contribution in [0, 0.1) is 0 Å². The van der Waals surface area contributed by atoms with Gasteiger partial charge >= 0.3 is 0 Å². The molecule has 0 aromatic rings. The number of ether oxygens (including phenoxy) is 2. The fourth-order valence-corrected chi connectivity index (χ4v) is 0.392. The molecule has 0 saturated carbocycles. The van der Waals surface area contributed by atoms with Crippen LogP contribution >= 0.6 is 0 Å². The lowest BCUT2D eigenvalue weighted by Gasteiger charge is -1.97. The SMILES string of the molecule is CCOCOC[SiH3]. The normalized spacial score (nSPS) is 9.86. The van der Waals surface area contributed by atoms with Crippen LogP contribution in [0.4, 0.5) is 0 Å². The van der Waals surface area contributed by atoms with E-state index >= 15 is 0 Å². The topological polar surface area (TPSA) is 18.5 Å². The zero-order chi connectivity index (χ0) is 5.54. The van der Waals surface area contributed by atoms with Gasteiger partial charge in [0.1, 0.15) is 6.79 Å². The molecule has 0 saturated heterocycles. The van der Waals surface area contributed by atoms with Gasteiger partial charge in [0, 0.05) is 23.1 Å². The van der Waals surface area contributed by atoms with Crippen LogP contribution in [0.3, 0.4) is 0 Å². The van der Waals surface area contributed by atoms with Crippen molar-refractivity contribution in [3.63, 3.8) is 0 Å². The summed E-state index contributed by atoms with van der Waals surface area (Å²) >= 11 is 0. The molecule has 3 heteroatoms. The van der Waals surface area contributed by atoms with Gasteiger partial charge in [-0.05, 0) is 6.92 Å². The summed E-state index contributed by atoms with van der Waals surface area (Å²) in [7, 11) is 1.10. The molecule has 0 radical (unpaired) electrons. The molecule has 0 unspecified atom stereocenters. The maximum absolute atomic E-state index is 4.91. The Morgan fingerprint density at radius 1 is 1.43 bits per heavy atom. The summed E-state index contributed by atoms with van der Waals surface area (Å²) in [6, 6.07) is 0. The van der Waals surface area contributed by atoms with Gasteiger partial charge in [-0.3, -0.25) is 0 Å². The summed E-state index contributed by atoms with van der Waals surface area (Å²) in [6.07, 6.45) is 0.875. The first kappa shape index (κ1) is 7.14. The lowest BCUT2D eigenvalue weighted by molar-refractivity contribution is -0.0327. The van der Waals surface area contributed by atoms with Crippen LogP contribution in [-0.4, -0.2) is 29.9 Å². The van der Waals surface area contributed by atoms with E-state index in [4.69, 9.17) is 9.47 Å². The van der Waals surface area contributed by atoms with Crippen molar-refractivity contribution in [1.29, 1.82) is 0 Å². The van der Waals surface area contributed by atoms with Crippen molar-refractivity contribution in [2.75, 3.05) is 19.6 Å². The number of hydrogen-bond acceptors (Lipinski definition) is 2. The Kier molecular flexibility index (Phi) is 6.26. The monoisotopic (exact) mass is 120 g/mol. The summed E-state index contributed by atoms with van der Waals surface area (Å²) in [4.78, 5) is 0. The average molecular weight is 120 g/mol. The van der Waals surface area contributed by atoms with Crippen LogP contribution in [0.2, 0.25) is 0 Å². The van der Waals surface area contributed by atoms with Gasteiger partial charge in [0.2, 0.25) is 0 Å². The minimum Gasteiger partial charge on any atom is -0.360 e. The van der Waals surface area contributed by atoms with Crippen molar-refractivity contribution in [2.45, 2.75) is 6.92 Å². The fourth-order valence-electron chi connectivity index (χ4n) is 0.226. The Bertz CT molecular complexity index is 28.9. The van der Waals surface area contributed by atoms with E-state index in [1.54, 1.807) is 0 Å². The lowest BCUT2D eigenvalue weighted by Crippen LogP contribution is -1.99. The molecule has 0 aliphatic rings. The van der Waals surface area contributed by atoms with E-state index < -0.39 is 0 Å². The minimum absolute atomic E-state index is 0.472. The number of rotatable bonds is 4. The van der Waals surface area contributed by atoms with E-state index in [-0.39, 0.29) is 0 Å². The van der Waals surface area contributed by atoms with Crippen LogP contribution in [0.5, 0.6) is 0 Å². The molecule has 0 atom stereocenters. The second kappa shape index (κ2) is 6.14. The molecule has 0 aromatic heterocycles. The first-order valence-electron chi connectivity index (χ1n) is 2.57. The van der Waals surface area contributed by atoms with Gasteiger partial charge in [-0.1, -0.05) is 0 Å². The van der Waals surface area contributed by atoms with Gasteiger partial charge in [-0.25, -0.2) is 0 Å². The van der Waals surface area contributed by atoms with Crippen LogP contribution in [-0.2, 0) is 9.47 Å². The highest BCUT2D eigenvalue weighted by Crippen LogP contribution is 1.72. The van der Waals surface area contributed by atoms with Crippen molar-refractivity contribution < 1.29 is 9.47 Å². The summed E-state index contributed by atoms with van der Waals surface area (Å²) in [5, 5.41) is 0. The molecule has 7 heavy (non-hydrogen) atoms. The molecule has 0 fully saturated rings. The number of hydrogen-bond donors (Lipinski definition) is 0. The highest BCUT2D eigenvalue weighted by molar-refractivity contribution is 6.08. The van der Waals surface area contributed by atoms with Crippen molar-refractivity contribution in [3.05, 3.63) is 0 Å². The fraction of sp³-hybridized carbons (Fsp3) is 1.00. The molecular weight excluding hydrogens is 108 g/mol. The Balaban J connectivity index is 2.45. The zero-order valence-electron chi connectivity index (χ0n) is 4.94. The first-order valence-corrected chi connectivity index (χ1v) is 3.98. The maximum Gasteiger partial charge on any atom is 0.146 e. The Hall–Kier alpha value is 0.137. The summed E-state index contributed by atoms with van der Waals surface area (Å²) < 4.78 is 9.79. The third-order valence-electron chi connectivity index (χ3n) is 0.575. The highest BCUT2D eigenvalue weighted by Gasteiger charge is 1.76. The van der Waals surface area contributed by atoms with Crippen LogP contribution in [0.25, 0.3) is 0 Å². The Morgan fingerprint density at radius 3 is 2.57 bits per heavy atom. The molecule has 44 valence electrons. The third-order valence-corrected chi connectivity index (χ3v) is 0.983. The minimum atomic E-state index is 0.472. The molecule has 0 bridgehead atoms. The van der Waals surface area contributed by atoms with Crippen molar-refractivity contribution in [1.82, 2.24) is 0 Å². The van der Waals surface area contributed by atoms with E-state index in [2.05, 4.69) is 0 Å². The highest BCUT2D eigenvalue weighted by atomic mass is 28.1. The van der Waals surface area contributed by atoms with E-state index in [1.807, 2.05) is 6.92 Å². The van der Waals surface area contributed by atoms with E-state index in [9.17, 15) is 0 Å². The van der Waals surface area contributed by atoms with Crippen molar-refractivity contribution in [3.8, 4) is 0 Å². The molecule has 0 aromatic carbocycles. The molecule has 0 heterocycles. The predicted molar refractivity (Wildman–Crippen MR) is 32.4 cm³/mol. The Labute approximate surface area is 47.2 Å². The largest absolute Gasteiger partial charge is 0.360 e. The zero-order valence-corrected chi connectivity index (χ0v) is 6.94. The molecule has 0 N–H and O–H groups in total. The quantitative estimate of drug-likeness (QED) is 0.278. The lowest BCUT2D eigenvalue weighted by atomic mass is 10.9. The maximum atomic E-state index is 4.91. The van der Waals surface area contributed by atoms with Crippen molar-refractivity contribution in [2.24, 2.45) is 0 Å². The summed E-state index contributed by atoms with van der Waals surface area (Å²) in [6.45, 7) is 3.18. The van der Waals surface area contributed by atoms with Crippen LogP contribution in [0.15, 0.2) is 0 Å². The molecule has 0 amide bonds. The molecule has 0 spiro atoms. The summed E-state index contributed by atoms with van der Waals surface area (Å²) in [5.74, 6) is 0. The standard InChI is InChI=1S/C4H12O2Si/c1-2-5-3-6-4-7/h2-4H2,1,7H3. The van der Waals surface area contributed by atoms with E-state index in [1.165, 1.54) is 0 Å². The molecule has 0 rings (SSSR count). The van der Waals surface area contributed by atoms with Crippen molar-refractivity contribution >= 4 is 10.2 Å². The van der Waals surface area contributed by atoms with Gasteiger partial charge < -0.3 is 9.47 Å². The van der Waals surface area contributed by atoms with Gasteiger partial charge in [0.25, 0.3) is 0 Å². The van der Waals surface area contributed by atoms with Crippen LogP contribution in [0.1, 0.15) is 6.92 Å². The molecule has 2 nitrogen and oxygen atoms in total. The second-order valence-corrected chi connectivity index (χ2v) is 1.68. The van der Waals surface area contributed by atoms with Gasteiger partial charge in [-0.2, -0.15) is 0 Å². The van der Waals surface area contributed by atoms with Crippen LogP contribution < -0.4 is 0 Å². The molecule has 0 aliphatic carbocycles. The third kappa shape index (κ3) is 6.14. The predicted octanol–water partition coefficient (Wildman–Crippen LogP) is -0.680. The smallest absolute Gasteiger partial charge is 0.146 e. The summed E-state index contributed by atoms with van der Waals surface area (Å²) in [5.41, 5.74) is 0. The first-order chi connectivity index (χ1) is 3.41. The van der Waals surface area contributed by atoms with Gasteiger partial charge in [0.15, 0.2) is 0 Å². The van der Waals surface area contributed by atoms with Gasteiger partial charge in [-0.15, -0.1) is 0 Å². The van der Waals surface area contributed by atoms with E-state index in [0.717, 1.165) is 23.1 Å². The average Bonchev–Trinajstić information content (AvgIpc) is 1.69.